The number of benzene rings is 2. The van der Waals surface area contributed by atoms with Crippen molar-refractivity contribution in [3.8, 4) is 11.5 Å². The summed E-state index contributed by atoms with van der Waals surface area (Å²) in [6.07, 6.45) is 1.68. The third-order valence-electron chi connectivity index (χ3n) is 4.37. The van der Waals surface area contributed by atoms with Crippen molar-refractivity contribution in [3.63, 3.8) is 0 Å². The Labute approximate surface area is 188 Å². The van der Waals surface area contributed by atoms with Crippen LogP contribution < -0.4 is 9.47 Å². The van der Waals surface area contributed by atoms with Crippen LogP contribution in [0.4, 0.5) is 11.4 Å². The highest BCUT2D eigenvalue weighted by atomic mass is 32.2. The summed E-state index contributed by atoms with van der Waals surface area (Å²) in [4.78, 5) is 27.6. The monoisotopic (exact) mass is 456 g/mol. The predicted octanol–water partition coefficient (Wildman–Crippen LogP) is 4.81. The van der Waals surface area contributed by atoms with Crippen LogP contribution in [0.1, 0.15) is 12.5 Å². The fourth-order valence-electron chi connectivity index (χ4n) is 2.85. The standard InChI is InChI=1S/C22H20N2O7S/c1-4-31-22(26)19-20(25)18(12-13-5-10-16(29-2)17(11-13)30-3)32-21(19)23-14-6-8-15(9-7-14)24(27)28/h5-12,25H,4H2,1-3H3. The summed E-state index contributed by atoms with van der Waals surface area (Å²) < 4.78 is 15.6. The van der Waals surface area contributed by atoms with Gasteiger partial charge in [0.05, 0.1) is 36.3 Å². The normalized spacial score (nSPS) is 15.8. The number of nitrogens with zero attached hydrogens (tertiary/aromatic N) is 2. The van der Waals surface area contributed by atoms with Crippen molar-refractivity contribution in [2.45, 2.75) is 6.92 Å². The van der Waals surface area contributed by atoms with E-state index in [1.165, 1.54) is 38.5 Å². The molecule has 32 heavy (non-hydrogen) atoms. The number of aliphatic hydroxyl groups is 1. The van der Waals surface area contributed by atoms with Crippen LogP contribution in [-0.4, -0.2) is 41.9 Å². The first-order valence-electron chi connectivity index (χ1n) is 9.43. The Bertz CT molecular complexity index is 1140. The molecule has 1 aliphatic heterocycles. The van der Waals surface area contributed by atoms with Crippen LogP contribution in [0.3, 0.4) is 0 Å². The van der Waals surface area contributed by atoms with E-state index in [-0.39, 0.29) is 28.7 Å². The summed E-state index contributed by atoms with van der Waals surface area (Å²) in [6, 6.07) is 10.8. The molecule has 0 bridgehead atoms. The van der Waals surface area contributed by atoms with Crippen LogP contribution in [0.5, 0.6) is 11.5 Å². The molecular formula is C22H20N2O7S. The van der Waals surface area contributed by atoms with Gasteiger partial charge in [-0.15, -0.1) is 0 Å². The lowest BCUT2D eigenvalue weighted by atomic mass is 10.1. The minimum atomic E-state index is -0.714. The molecule has 1 heterocycles. The first-order chi connectivity index (χ1) is 15.4. The summed E-state index contributed by atoms with van der Waals surface area (Å²) in [5, 5.41) is 21.8. The SMILES string of the molecule is CCOC(=O)C1=C(O)C(=Cc2ccc(OC)c(OC)c2)SC1=Nc1ccc([N+](=O)[O-])cc1. The number of ether oxygens (including phenoxy) is 3. The third kappa shape index (κ3) is 4.92. The number of hydrogen-bond donors (Lipinski definition) is 1. The number of hydrogen-bond acceptors (Lipinski definition) is 9. The number of methoxy groups -OCH3 is 2. The molecule has 0 fully saturated rings. The molecule has 9 nitrogen and oxygen atoms in total. The number of aliphatic imine (C=N–C) groups is 1. The van der Waals surface area contributed by atoms with E-state index in [2.05, 4.69) is 4.99 Å². The van der Waals surface area contributed by atoms with Gasteiger partial charge in [-0.1, -0.05) is 17.8 Å². The Morgan fingerprint density at radius 2 is 1.84 bits per heavy atom. The van der Waals surface area contributed by atoms with Gasteiger partial charge in [-0.3, -0.25) is 10.1 Å². The van der Waals surface area contributed by atoms with E-state index in [4.69, 9.17) is 14.2 Å². The van der Waals surface area contributed by atoms with Gasteiger partial charge in [-0.2, -0.15) is 0 Å². The molecule has 10 heteroatoms. The lowest BCUT2D eigenvalue weighted by Gasteiger charge is -2.08. The lowest BCUT2D eigenvalue weighted by molar-refractivity contribution is -0.384. The number of aliphatic hydroxyl groups excluding tert-OH is 1. The number of carbonyl (C=O) groups is 1. The zero-order chi connectivity index (χ0) is 23.3. The van der Waals surface area contributed by atoms with Gasteiger partial charge >= 0.3 is 5.97 Å². The van der Waals surface area contributed by atoms with Gasteiger partial charge in [0, 0.05) is 12.1 Å². The fourth-order valence-corrected chi connectivity index (χ4v) is 3.89. The molecule has 0 amide bonds. The third-order valence-corrected chi connectivity index (χ3v) is 5.39. The summed E-state index contributed by atoms with van der Waals surface area (Å²) in [5.74, 6) is 0.0950. The van der Waals surface area contributed by atoms with Gasteiger partial charge in [0.15, 0.2) is 11.5 Å². The smallest absolute Gasteiger partial charge is 0.344 e. The molecule has 1 aliphatic rings. The maximum Gasteiger partial charge on any atom is 0.344 e. The lowest BCUT2D eigenvalue weighted by Crippen LogP contribution is -2.12. The van der Waals surface area contributed by atoms with Gasteiger partial charge in [-0.05, 0) is 42.8 Å². The van der Waals surface area contributed by atoms with Crippen LogP contribution in [-0.2, 0) is 9.53 Å². The first kappa shape index (κ1) is 22.9. The molecular weight excluding hydrogens is 436 g/mol. The van der Waals surface area contributed by atoms with Crippen molar-refractivity contribution >= 4 is 40.2 Å². The summed E-state index contributed by atoms with van der Waals surface area (Å²) in [7, 11) is 3.05. The maximum atomic E-state index is 12.5. The van der Waals surface area contributed by atoms with Crippen LogP contribution in [0, 0.1) is 10.1 Å². The summed E-state index contributed by atoms with van der Waals surface area (Å²) in [5.41, 5.74) is 0.949. The number of thioether (sulfide) groups is 1. The van der Waals surface area contributed by atoms with Crippen LogP contribution in [0.15, 0.2) is 63.7 Å². The second-order valence-corrected chi connectivity index (χ2v) is 7.39. The second-order valence-electron chi connectivity index (χ2n) is 6.36. The fraction of sp³-hybridized carbons (Fsp3) is 0.182. The Kier molecular flexibility index (Phi) is 7.16. The average Bonchev–Trinajstić information content (AvgIpc) is 3.08. The van der Waals surface area contributed by atoms with Crippen LogP contribution in [0.2, 0.25) is 0 Å². The van der Waals surface area contributed by atoms with E-state index in [1.54, 1.807) is 31.2 Å². The molecule has 0 saturated carbocycles. The molecule has 3 rings (SSSR count). The van der Waals surface area contributed by atoms with Crippen molar-refractivity contribution in [2.75, 3.05) is 20.8 Å². The Balaban J connectivity index is 2.02. The van der Waals surface area contributed by atoms with Crippen molar-refractivity contribution in [1.82, 2.24) is 0 Å². The largest absolute Gasteiger partial charge is 0.506 e. The zero-order valence-corrected chi connectivity index (χ0v) is 18.3. The maximum absolute atomic E-state index is 12.5. The van der Waals surface area contributed by atoms with Gasteiger partial charge in [-0.25, -0.2) is 9.79 Å². The Hall–Kier alpha value is -3.79. The van der Waals surface area contributed by atoms with E-state index < -0.39 is 10.9 Å². The highest BCUT2D eigenvalue weighted by molar-refractivity contribution is 8.18. The number of rotatable bonds is 7. The molecule has 166 valence electrons. The average molecular weight is 456 g/mol. The number of nitro groups is 1. The van der Waals surface area contributed by atoms with E-state index in [0.29, 0.717) is 27.7 Å². The molecule has 0 atom stereocenters. The van der Waals surface area contributed by atoms with E-state index in [9.17, 15) is 20.0 Å². The number of nitro benzene ring substituents is 1. The highest BCUT2D eigenvalue weighted by Gasteiger charge is 2.33. The number of esters is 1. The molecule has 1 N–H and O–H groups in total. The van der Waals surface area contributed by atoms with Crippen molar-refractivity contribution in [2.24, 2.45) is 4.99 Å². The van der Waals surface area contributed by atoms with Gasteiger partial charge in [0.25, 0.3) is 5.69 Å². The van der Waals surface area contributed by atoms with Crippen LogP contribution in [0.25, 0.3) is 6.08 Å². The molecule has 0 radical (unpaired) electrons. The quantitative estimate of drug-likeness (QED) is 0.358. The molecule has 2 aromatic rings. The molecule has 0 aliphatic carbocycles. The van der Waals surface area contributed by atoms with Gasteiger partial charge in [0.2, 0.25) is 0 Å². The van der Waals surface area contributed by atoms with Crippen molar-refractivity contribution < 1.29 is 29.0 Å². The van der Waals surface area contributed by atoms with Gasteiger partial charge in [0.1, 0.15) is 16.4 Å². The van der Waals surface area contributed by atoms with E-state index in [0.717, 1.165) is 11.8 Å². The minimum Gasteiger partial charge on any atom is -0.506 e. The highest BCUT2D eigenvalue weighted by Crippen LogP contribution is 2.41. The van der Waals surface area contributed by atoms with Gasteiger partial charge < -0.3 is 19.3 Å². The summed E-state index contributed by atoms with van der Waals surface area (Å²) >= 11 is 1.08. The van der Waals surface area contributed by atoms with Crippen LogP contribution >= 0.6 is 11.8 Å². The molecule has 2 aromatic carbocycles. The molecule has 0 aromatic heterocycles. The zero-order valence-electron chi connectivity index (χ0n) is 17.5. The minimum absolute atomic E-state index is 0.0677. The number of non-ortho nitro benzene ring substituents is 1. The molecule has 0 saturated heterocycles. The number of carbonyl (C=O) groups excluding carboxylic acids is 1. The topological polar surface area (TPSA) is 120 Å². The summed E-state index contributed by atoms with van der Waals surface area (Å²) in [6.45, 7) is 1.78. The van der Waals surface area contributed by atoms with E-state index >= 15 is 0 Å². The Morgan fingerprint density at radius 1 is 1.16 bits per heavy atom. The molecule has 0 unspecified atom stereocenters. The Morgan fingerprint density at radius 3 is 2.44 bits per heavy atom. The van der Waals surface area contributed by atoms with E-state index in [1.807, 2.05) is 0 Å². The second kappa shape index (κ2) is 10.0. The van der Waals surface area contributed by atoms with Crippen molar-refractivity contribution in [1.29, 1.82) is 0 Å². The first-order valence-corrected chi connectivity index (χ1v) is 10.2. The predicted molar refractivity (Wildman–Crippen MR) is 122 cm³/mol. The molecule has 0 spiro atoms. The van der Waals surface area contributed by atoms with Crippen molar-refractivity contribution in [3.05, 3.63) is 74.4 Å².